The fourth-order valence-corrected chi connectivity index (χ4v) is 2.85. The molecule has 32 heavy (non-hydrogen) atoms. The Labute approximate surface area is 185 Å². The smallest absolute Gasteiger partial charge is 0.247 e. The summed E-state index contributed by atoms with van der Waals surface area (Å²) in [5, 5.41) is 5.83. The van der Waals surface area contributed by atoms with Gasteiger partial charge in [0.2, 0.25) is 11.9 Å². The van der Waals surface area contributed by atoms with Crippen molar-refractivity contribution in [2.75, 3.05) is 24.9 Å². The topological polar surface area (TPSA) is 94.6 Å². The second-order valence-corrected chi connectivity index (χ2v) is 6.65. The number of carbonyl (C=O) groups is 1. The van der Waals surface area contributed by atoms with Gasteiger partial charge in [0.05, 0.1) is 38.0 Å². The summed E-state index contributed by atoms with van der Waals surface area (Å²) in [5.74, 6) is 0.314. The lowest BCUT2D eigenvalue weighted by Crippen LogP contribution is -2.10. The van der Waals surface area contributed by atoms with Crippen molar-refractivity contribution in [1.82, 2.24) is 9.97 Å². The molecule has 0 atom stereocenters. The molecule has 0 aliphatic rings. The maximum Gasteiger partial charge on any atom is 0.247 e. The summed E-state index contributed by atoms with van der Waals surface area (Å²) in [6.07, 6.45) is 4.12. The first kappa shape index (κ1) is 22.5. The SMILES string of the molecule is C=CC(=O)Nc1cccc(C)c1Nc1ncc(OCc2cc(OC)cc(OC)c2F)cn1. The van der Waals surface area contributed by atoms with Crippen molar-refractivity contribution in [3.63, 3.8) is 0 Å². The van der Waals surface area contributed by atoms with Crippen LogP contribution in [0.3, 0.4) is 0 Å². The summed E-state index contributed by atoms with van der Waals surface area (Å²) in [4.78, 5) is 20.2. The molecule has 3 aromatic rings. The average molecular weight is 438 g/mol. The highest BCUT2D eigenvalue weighted by molar-refractivity contribution is 6.01. The van der Waals surface area contributed by atoms with Crippen LogP contribution in [-0.2, 0) is 11.4 Å². The summed E-state index contributed by atoms with van der Waals surface area (Å²) < 4.78 is 30.3. The van der Waals surface area contributed by atoms with E-state index >= 15 is 0 Å². The van der Waals surface area contributed by atoms with Gasteiger partial charge in [-0.15, -0.1) is 0 Å². The second kappa shape index (κ2) is 10.3. The van der Waals surface area contributed by atoms with E-state index < -0.39 is 5.82 Å². The minimum atomic E-state index is -0.527. The van der Waals surface area contributed by atoms with Gasteiger partial charge in [-0.1, -0.05) is 18.7 Å². The lowest BCUT2D eigenvalue weighted by molar-refractivity contribution is -0.111. The predicted octanol–water partition coefficient (Wildman–Crippen LogP) is 4.39. The summed E-state index contributed by atoms with van der Waals surface area (Å²) >= 11 is 0. The van der Waals surface area contributed by atoms with E-state index in [0.29, 0.717) is 28.8 Å². The number of amides is 1. The molecule has 1 aromatic heterocycles. The van der Waals surface area contributed by atoms with E-state index in [1.54, 1.807) is 6.07 Å². The molecule has 3 rings (SSSR count). The van der Waals surface area contributed by atoms with E-state index in [0.717, 1.165) is 5.56 Å². The molecular formula is C23H23FN4O4. The van der Waals surface area contributed by atoms with E-state index in [1.807, 2.05) is 19.1 Å². The molecule has 0 aliphatic heterocycles. The standard InChI is InChI=1S/C23H23FN4O4/c1-5-20(29)27-18-8-6-7-14(2)22(18)28-23-25-11-17(12-26-23)32-13-15-9-16(30-3)10-19(31-4)21(15)24/h5-12H,1,13H2,2-4H3,(H,27,29)(H,25,26,28). The summed E-state index contributed by atoms with van der Waals surface area (Å²) in [6.45, 7) is 5.28. The van der Waals surface area contributed by atoms with E-state index in [1.165, 1.54) is 44.8 Å². The molecule has 1 amide bonds. The fourth-order valence-electron chi connectivity index (χ4n) is 2.85. The third-order valence-corrected chi connectivity index (χ3v) is 4.52. The zero-order valence-electron chi connectivity index (χ0n) is 17.9. The Morgan fingerprint density at radius 3 is 2.56 bits per heavy atom. The molecule has 0 saturated carbocycles. The van der Waals surface area contributed by atoms with Crippen LogP contribution in [0.15, 0.2) is 55.4 Å². The molecule has 0 radical (unpaired) electrons. The van der Waals surface area contributed by atoms with Crippen molar-refractivity contribution in [1.29, 1.82) is 0 Å². The number of ether oxygens (including phenoxy) is 3. The van der Waals surface area contributed by atoms with Gasteiger partial charge in [-0.2, -0.15) is 0 Å². The van der Waals surface area contributed by atoms with Gasteiger partial charge in [0.1, 0.15) is 12.4 Å². The molecule has 0 aliphatic carbocycles. The van der Waals surface area contributed by atoms with Gasteiger partial charge in [-0.3, -0.25) is 4.79 Å². The molecule has 0 unspecified atom stereocenters. The van der Waals surface area contributed by atoms with Crippen LogP contribution in [0.25, 0.3) is 0 Å². The Morgan fingerprint density at radius 1 is 1.16 bits per heavy atom. The third-order valence-electron chi connectivity index (χ3n) is 4.52. The van der Waals surface area contributed by atoms with Crippen LogP contribution in [0.2, 0.25) is 0 Å². The number of benzene rings is 2. The first-order valence-corrected chi connectivity index (χ1v) is 9.60. The quantitative estimate of drug-likeness (QED) is 0.479. The van der Waals surface area contributed by atoms with E-state index in [4.69, 9.17) is 14.2 Å². The predicted molar refractivity (Wildman–Crippen MR) is 119 cm³/mol. The minimum Gasteiger partial charge on any atom is -0.497 e. The highest BCUT2D eigenvalue weighted by Gasteiger charge is 2.13. The number of methoxy groups -OCH3 is 2. The number of anilines is 3. The van der Waals surface area contributed by atoms with Gasteiger partial charge in [-0.05, 0) is 30.7 Å². The summed E-state index contributed by atoms with van der Waals surface area (Å²) in [6, 6.07) is 8.46. The van der Waals surface area contributed by atoms with Gasteiger partial charge < -0.3 is 24.8 Å². The fraction of sp³-hybridized carbons (Fsp3) is 0.174. The van der Waals surface area contributed by atoms with Gasteiger partial charge in [0.15, 0.2) is 17.3 Å². The van der Waals surface area contributed by atoms with Gasteiger partial charge in [0.25, 0.3) is 0 Å². The van der Waals surface area contributed by atoms with Crippen molar-refractivity contribution in [3.05, 3.63) is 72.3 Å². The molecule has 2 N–H and O–H groups in total. The highest BCUT2D eigenvalue weighted by atomic mass is 19.1. The number of para-hydroxylation sites is 1. The molecule has 0 bridgehead atoms. The van der Waals surface area contributed by atoms with Crippen molar-refractivity contribution in [2.24, 2.45) is 0 Å². The van der Waals surface area contributed by atoms with Gasteiger partial charge in [0, 0.05) is 11.6 Å². The number of hydrogen-bond donors (Lipinski definition) is 2. The molecule has 2 aromatic carbocycles. The van der Waals surface area contributed by atoms with Gasteiger partial charge in [-0.25, -0.2) is 14.4 Å². The van der Waals surface area contributed by atoms with Crippen molar-refractivity contribution < 1.29 is 23.4 Å². The molecule has 9 heteroatoms. The average Bonchev–Trinajstić information content (AvgIpc) is 2.81. The van der Waals surface area contributed by atoms with Crippen LogP contribution >= 0.6 is 0 Å². The van der Waals surface area contributed by atoms with Crippen LogP contribution in [0.5, 0.6) is 17.2 Å². The minimum absolute atomic E-state index is 0.0644. The molecule has 0 spiro atoms. The number of nitrogens with one attached hydrogen (secondary N) is 2. The number of halogens is 1. The lowest BCUT2D eigenvalue weighted by atomic mass is 10.1. The highest BCUT2D eigenvalue weighted by Crippen LogP contribution is 2.29. The normalized spacial score (nSPS) is 10.2. The maximum absolute atomic E-state index is 14.5. The summed E-state index contributed by atoms with van der Waals surface area (Å²) in [7, 11) is 2.87. The first-order valence-electron chi connectivity index (χ1n) is 9.60. The maximum atomic E-state index is 14.5. The molecule has 8 nitrogen and oxygen atoms in total. The molecule has 0 saturated heterocycles. The molecule has 1 heterocycles. The van der Waals surface area contributed by atoms with E-state index in [9.17, 15) is 9.18 Å². The van der Waals surface area contributed by atoms with Gasteiger partial charge >= 0.3 is 0 Å². The van der Waals surface area contributed by atoms with Crippen molar-refractivity contribution >= 4 is 23.2 Å². The number of hydrogen-bond acceptors (Lipinski definition) is 7. The Bertz CT molecular complexity index is 1120. The van der Waals surface area contributed by atoms with Crippen LogP contribution in [-0.4, -0.2) is 30.1 Å². The first-order chi connectivity index (χ1) is 15.4. The van der Waals surface area contributed by atoms with E-state index in [2.05, 4.69) is 27.2 Å². The second-order valence-electron chi connectivity index (χ2n) is 6.65. The molecule has 166 valence electrons. The van der Waals surface area contributed by atoms with Crippen molar-refractivity contribution in [3.8, 4) is 17.2 Å². The monoisotopic (exact) mass is 438 g/mol. The van der Waals surface area contributed by atoms with Crippen LogP contribution < -0.4 is 24.8 Å². The van der Waals surface area contributed by atoms with Crippen LogP contribution in [0, 0.1) is 12.7 Å². The number of aryl methyl sites for hydroxylation is 1. The molecular weight excluding hydrogens is 415 g/mol. The zero-order chi connectivity index (χ0) is 23.1. The number of carbonyl (C=O) groups excluding carboxylic acids is 1. The zero-order valence-corrected chi connectivity index (χ0v) is 17.9. The van der Waals surface area contributed by atoms with Crippen LogP contribution in [0.4, 0.5) is 21.7 Å². The lowest BCUT2D eigenvalue weighted by Gasteiger charge is -2.14. The number of aromatic nitrogens is 2. The number of rotatable bonds is 9. The van der Waals surface area contributed by atoms with Crippen molar-refractivity contribution in [2.45, 2.75) is 13.5 Å². The largest absolute Gasteiger partial charge is 0.497 e. The van der Waals surface area contributed by atoms with Crippen LogP contribution in [0.1, 0.15) is 11.1 Å². The Hall–Kier alpha value is -4.14. The molecule has 0 fully saturated rings. The Balaban J connectivity index is 1.72. The van der Waals surface area contributed by atoms with E-state index in [-0.39, 0.29) is 23.8 Å². The Morgan fingerprint density at radius 2 is 1.91 bits per heavy atom. The summed E-state index contributed by atoms with van der Waals surface area (Å²) in [5.41, 5.74) is 2.38. The Kier molecular flexibility index (Phi) is 7.22. The third kappa shape index (κ3) is 5.31. The number of nitrogens with zero attached hydrogens (tertiary/aromatic N) is 2.